The largest absolute Gasteiger partial charge is 0.396 e. The van der Waals surface area contributed by atoms with Crippen molar-refractivity contribution < 1.29 is 9.18 Å². The van der Waals surface area contributed by atoms with E-state index in [4.69, 9.17) is 5.73 Å². The number of imidazole rings is 1. The highest BCUT2D eigenvalue weighted by molar-refractivity contribution is 6.06. The summed E-state index contributed by atoms with van der Waals surface area (Å²) in [5, 5.41) is 0. The molecular weight excluding hydrogens is 233 g/mol. The van der Waals surface area contributed by atoms with Gasteiger partial charge in [-0.15, -0.1) is 0 Å². The number of nitrogens with two attached hydrogens (primary N) is 1. The first-order valence-electron chi connectivity index (χ1n) is 5.74. The number of nitrogens with zero attached hydrogens (tertiary/aromatic N) is 2. The van der Waals surface area contributed by atoms with Crippen molar-refractivity contribution in [2.45, 2.75) is 19.9 Å². The lowest BCUT2D eigenvalue weighted by molar-refractivity contribution is 0.102. The van der Waals surface area contributed by atoms with Crippen molar-refractivity contribution in [3.05, 3.63) is 47.8 Å². The van der Waals surface area contributed by atoms with Crippen LogP contribution in [0, 0.1) is 5.82 Å². The number of benzene rings is 1. The molecule has 0 aliphatic rings. The van der Waals surface area contributed by atoms with E-state index < -0.39 is 5.82 Å². The number of anilines is 1. The Hall–Kier alpha value is -2.17. The number of carbonyl (C=O) groups is 1. The molecule has 0 bridgehead atoms. The summed E-state index contributed by atoms with van der Waals surface area (Å²) in [6, 6.07) is 4.03. The molecule has 1 aromatic heterocycles. The van der Waals surface area contributed by atoms with Crippen LogP contribution in [-0.2, 0) is 6.54 Å². The van der Waals surface area contributed by atoms with Crippen molar-refractivity contribution >= 4 is 11.5 Å². The minimum atomic E-state index is -0.588. The summed E-state index contributed by atoms with van der Waals surface area (Å²) in [5.74, 6) is -0.567. The van der Waals surface area contributed by atoms with Crippen LogP contribution in [0.3, 0.4) is 0 Å². The second kappa shape index (κ2) is 5.00. The number of hydrogen-bond donors (Lipinski definition) is 1. The molecule has 94 valence electrons. The third-order valence-corrected chi connectivity index (χ3v) is 2.65. The minimum Gasteiger partial charge on any atom is -0.396 e. The van der Waals surface area contributed by atoms with E-state index in [2.05, 4.69) is 4.98 Å². The van der Waals surface area contributed by atoms with Crippen LogP contribution in [0.2, 0.25) is 0 Å². The van der Waals surface area contributed by atoms with E-state index in [1.807, 2.05) is 6.92 Å². The van der Waals surface area contributed by atoms with Crippen LogP contribution < -0.4 is 5.73 Å². The average Bonchev–Trinajstić information content (AvgIpc) is 2.80. The van der Waals surface area contributed by atoms with Gasteiger partial charge in [0.25, 0.3) is 0 Å². The summed E-state index contributed by atoms with van der Waals surface area (Å²) in [7, 11) is 0. The number of rotatable bonds is 4. The van der Waals surface area contributed by atoms with Gasteiger partial charge < -0.3 is 10.3 Å². The highest BCUT2D eigenvalue weighted by Crippen LogP contribution is 2.15. The molecule has 2 aromatic rings. The second-order valence-electron chi connectivity index (χ2n) is 4.01. The molecule has 0 atom stereocenters. The summed E-state index contributed by atoms with van der Waals surface area (Å²) in [5.41, 5.74) is 5.66. The zero-order valence-electron chi connectivity index (χ0n) is 10.1. The monoisotopic (exact) mass is 247 g/mol. The number of hydrogen-bond acceptors (Lipinski definition) is 3. The Morgan fingerprint density at radius 1 is 1.50 bits per heavy atom. The Morgan fingerprint density at radius 3 is 2.94 bits per heavy atom. The van der Waals surface area contributed by atoms with Crippen molar-refractivity contribution in [3.8, 4) is 0 Å². The molecule has 0 saturated carbocycles. The summed E-state index contributed by atoms with van der Waals surface area (Å²) >= 11 is 0. The molecule has 0 radical (unpaired) electrons. The van der Waals surface area contributed by atoms with Crippen molar-refractivity contribution in [1.82, 2.24) is 9.55 Å². The molecule has 2 N–H and O–H groups in total. The molecule has 0 spiro atoms. The SMILES string of the molecule is CCCn1ccnc1C(=O)c1ccc(N)c(F)c1. The zero-order chi connectivity index (χ0) is 13.1. The number of halogens is 1. The Balaban J connectivity index is 2.35. The molecule has 0 amide bonds. The summed E-state index contributed by atoms with van der Waals surface area (Å²) in [6.07, 6.45) is 4.20. The van der Waals surface area contributed by atoms with Gasteiger partial charge in [0.1, 0.15) is 5.82 Å². The maximum atomic E-state index is 13.3. The number of carbonyl (C=O) groups excluding carboxylic acids is 1. The van der Waals surface area contributed by atoms with Crippen molar-refractivity contribution in [2.75, 3.05) is 5.73 Å². The quantitative estimate of drug-likeness (QED) is 0.665. The van der Waals surface area contributed by atoms with Crippen LogP contribution >= 0.6 is 0 Å². The number of aromatic nitrogens is 2. The predicted octanol–water partition coefficient (Wildman–Crippen LogP) is 2.25. The number of ketones is 1. The van der Waals surface area contributed by atoms with Crippen molar-refractivity contribution in [3.63, 3.8) is 0 Å². The van der Waals surface area contributed by atoms with Gasteiger partial charge in [-0.25, -0.2) is 9.37 Å². The normalized spacial score (nSPS) is 10.6. The van der Waals surface area contributed by atoms with E-state index in [0.29, 0.717) is 12.4 Å². The fourth-order valence-corrected chi connectivity index (χ4v) is 1.74. The van der Waals surface area contributed by atoms with Crippen LogP contribution in [-0.4, -0.2) is 15.3 Å². The van der Waals surface area contributed by atoms with E-state index in [-0.39, 0.29) is 17.0 Å². The van der Waals surface area contributed by atoms with Crippen LogP contribution in [0.4, 0.5) is 10.1 Å². The Kier molecular flexibility index (Phi) is 3.41. The summed E-state index contributed by atoms with van der Waals surface area (Å²) < 4.78 is 15.1. The molecule has 0 aliphatic carbocycles. The third-order valence-electron chi connectivity index (χ3n) is 2.65. The van der Waals surface area contributed by atoms with Gasteiger partial charge in [0.2, 0.25) is 5.78 Å². The topological polar surface area (TPSA) is 60.9 Å². The molecule has 1 aromatic carbocycles. The predicted molar refractivity (Wildman–Crippen MR) is 66.8 cm³/mol. The molecule has 1 heterocycles. The van der Waals surface area contributed by atoms with Crippen LogP contribution in [0.5, 0.6) is 0 Å². The molecule has 0 fully saturated rings. The van der Waals surface area contributed by atoms with Gasteiger partial charge in [-0.2, -0.15) is 0 Å². The van der Waals surface area contributed by atoms with Gasteiger partial charge in [0.05, 0.1) is 5.69 Å². The third kappa shape index (κ3) is 2.25. The van der Waals surface area contributed by atoms with Crippen molar-refractivity contribution in [1.29, 1.82) is 0 Å². The fraction of sp³-hybridized carbons (Fsp3) is 0.231. The van der Waals surface area contributed by atoms with Gasteiger partial charge in [-0.05, 0) is 24.6 Å². The molecular formula is C13H14FN3O. The second-order valence-corrected chi connectivity index (χ2v) is 4.01. The van der Waals surface area contributed by atoms with Crippen LogP contribution in [0.1, 0.15) is 29.5 Å². The summed E-state index contributed by atoms with van der Waals surface area (Å²) in [4.78, 5) is 16.2. The fourth-order valence-electron chi connectivity index (χ4n) is 1.74. The van der Waals surface area contributed by atoms with E-state index in [0.717, 1.165) is 12.5 Å². The first-order chi connectivity index (χ1) is 8.63. The molecule has 4 nitrogen and oxygen atoms in total. The lowest BCUT2D eigenvalue weighted by Gasteiger charge is -2.06. The number of nitrogen functional groups attached to an aromatic ring is 1. The Morgan fingerprint density at radius 2 is 2.28 bits per heavy atom. The number of aryl methyl sites for hydroxylation is 1. The molecule has 0 aliphatic heterocycles. The van der Waals surface area contributed by atoms with Crippen molar-refractivity contribution in [2.24, 2.45) is 0 Å². The minimum absolute atomic E-state index is 0.0310. The Labute approximate surface area is 104 Å². The van der Waals surface area contributed by atoms with Gasteiger partial charge in [-0.1, -0.05) is 6.92 Å². The lowest BCUT2D eigenvalue weighted by Crippen LogP contribution is -2.11. The Bertz CT molecular complexity index is 577. The van der Waals surface area contributed by atoms with Gasteiger partial charge >= 0.3 is 0 Å². The first kappa shape index (κ1) is 12.3. The standard InChI is InChI=1S/C13H14FN3O/c1-2-6-17-7-5-16-13(17)12(18)9-3-4-11(15)10(14)8-9/h3-5,7-8H,2,6,15H2,1H3. The van der Waals surface area contributed by atoms with Crippen LogP contribution in [0.15, 0.2) is 30.6 Å². The highest BCUT2D eigenvalue weighted by Gasteiger charge is 2.16. The van der Waals surface area contributed by atoms with E-state index in [1.165, 1.54) is 12.1 Å². The zero-order valence-corrected chi connectivity index (χ0v) is 10.1. The van der Waals surface area contributed by atoms with E-state index in [9.17, 15) is 9.18 Å². The molecule has 0 unspecified atom stereocenters. The van der Waals surface area contributed by atoms with E-state index >= 15 is 0 Å². The van der Waals surface area contributed by atoms with Crippen LogP contribution in [0.25, 0.3) is 0 Å². The first-order valence-corrected chi connectivity index (χ1v) is 5.74. The molecule has 2 rings (SSSR count). The molecule has 18 heavy (non-hydrogen) atoms. The van der Waals surface area contributed by atoms with Gasteiger partial charge in [0, 0.05) is 24.5 Å². The van der Waals surface area contributed by atoms with E-state index in [1.54, 1.807) is 17.0 Å². The highest BCUT2D eigenvalue weighted by atomic mass is 19.1. The lowest BCUT2D eigenvalue weighted by atomic mass is 10.1. The van der Waals surface area contributed by atoms with Gasteiger partial charge in [-0.3, -0.25) is 4.79 Å². The maximum Gasteiger partial charge on any atom is 0.228 e. The molecule has 5 heteroatoms. The maximum absolute atomic E-state index is 13.3. The molecule has 0 saturated heterocycles. The summed E-state index contributed by atoms with van der Waals surface area (Å²) in [6.45, 7) is 2.72. The average molecular weight is 247 g/mol. The smallest absolute Gasteiger partial charge is 0.228 e. The van der Waals surface area contributed by atoms with Gasteiger partial charge in [0.15, 0.2) is 5.82 Å².